The topological polar surface area (TPSA) is 86.2 Å². The molecule has 3 aliphatic heterocycles. The molecule has 6 rings (SSSR count). The van der Waals surface area contributed by atoms with E-state index in [4.69, 9.17) is 9.72 Å². The predicted molar refractivity (Wildman–Crippen MR) is 166 cm³/mol. The molecule has 0 bridgehead atoms. The molecule has 1 N–H and O–H groups in total. The third kappa shape index (κ3) is 6.59. The summed E-state index contributed by atoms with van der Waals surface area (Å²) in [5, 5.41) is 10.1. The first-order chi connectivity index (χ1) is 20.9. The normalized spacial score (nSPS) is 20.6. The number of likely N-dealkylation sites (tertiary alicyclic amines) is 1. The van der Waals surface area contributed by atoms with Crippen LogP contribution in [0.5, 0.6) is 0 Å². The van der Waals surface area contributed by atoms with Gasteiger partial charge in [0.05, 0.1) is 11.6 Å². The molecule has 4 heterocycles. The Kier molecular flexibility index (Phi) is 9.02. The first-order valence-corrected chi connectivity index (χ1v) is 16.1. The van der Waals surface area contributed by atoms with E-state index in [0.29, 0.717) is 5.56 Å². The number of carbonyl (C=O) groups is 2. The van der Waals surface area contributed by atoms with Crippen LogP contribution in [-0.4, -0.2) is 81.7 Å². The fraction of sp³-hybridized carbons (Fsp3) is 0.441. The smallest absolute Gasteiger partial charge is 0.335 e. The highest BCUT2D eigenvalue weighted by molar-refractivity contribution is 7.99. The van der Waals surface area contributed by atoms with Crippen molar-refractivity contribution in [3.8, 4) is 0 Å². The van der Waals surface area contributed by atoms with Crippen LogP contribution < -0.4 is 0 Å². The van der Waals surface area contributed by atoms with Crippen LogP contribution in [0, 0.1) is 13.8 Å². The van der Waals surface area contributed by atoms with Crippen molar-refractivity contribution in [1.82, 2.24) is 19.7 Å². The summed E-state index contributed by atoms with van der Waals surface area (Å²) < 4.78 is 5.59. The third-order valence-electron chi connectivity index (χ3n) is 9.14. The van der Waals surface area contributed by atoms with E-state index in [1.165, 1.54) is 11.1 Å². The second-order valence-electron chi connectivity index (χ2n) is 11.9. The molecule has 3 aromatic rings. The van der Waals surface area contributed by atoms with Crippen molar-refractivity contribution in [2.75, 3.05) is 32.8 Å². The Morgan fingerprint density at radius 2 is 1.72 bits per heavy atom. The number of piperidine rings is 1. The van der Waals surface area contributed by atoms with E-state index in [1.807, 2.05) is 19.1 Å². The molecule has 1 aromatic heterocycles. The minimum absolute atomic E-state index is 0.0913. The predicted octanol–water partition coefficient (Wildman–Crippen LogP) is 6.17. The van der Waals surface area contributed by atoms with E-state index in [-0.39, 0.29) is 24.2 Å². The van der Waals surface area contributed by atoms with Crippen molar-refractivity contribution in [3.05, 3.63) is 88.6 Å². The van der Waals surface area contributed by atoms with Gasteiger partial charge in [-0.15, -0.1) is 0 Å². The highest BCUT2D eigenvalue weighted by Crippen LogP contribution is 2.37. The zero-order valence-corrected chi connectivity index (χ0v) is 25.8. The third-order valence-corrected chi connectivity index (χ3v) is 10.3. The van der Waals surface area contributed by atoms with Crippen molar-refractivity contribution in [3.63, 3.8) is 0 Å². The van der Waals surface area contributed by atoms with Crippen LogP contribution in [0.2, 0.25) is 0 Å². The van der Waals surface area contributed by atoms with Crippen LogP contribution in [0.4, 0.5) is 4.79 Å². The summed E-state index contributed by atoms with van der Waals surface area (Å²) >= 11 is 1.56. The molecule has 0 radical (unpaired) electrons. The molecule has 43 heavy (non-hydrogen) atoms. The Morgan fingerprint density at radius 1 is 0.977 bits per heavy atom. The average molecular weight is 601 g/mol. The minimum atomic E-state index is -0.915. The molecule has 1 unspecified atom stereocenters. The second-order valence-corrected chi connectivity index (χ2v) is 13.0. The van der Waals surface area contributed by atoms with E-state index < -0.39 is 5.97 Å². The molecule has 0 aliphatic carbocycles. The molecular formula is C34H40N4O4S. The molecule has 3 aliphatic rings. The first-order valence-electron chi connectivity index (χ1n) is 15.3. The monoisotopic (exact) mass is 600 g/mol. The number of benzene rings is 2. The van der Waals surface area contributed by atoms with Crippen molar-refractivity contribution in [2.24, 2.45) is 0 Å². The lowest BCUT2D eigenvalue weighted by Crippen LogP contribution is -2.48. The number of carboxylic acid groups (broad SMARTS) is 1. The second kappa shape index (κ2) is 13.1. The van der Waals surface area contributed by atoms with E-state index in [1.54, 1.807) is 23.9 Å². The number of rotatable bonds is 8. The van der Waals surface area contributed by atoms with Crippen molar-refractivity contribution < 1.29 is 19.4 Å². The van der Waals surface area contributed by atoms with Gasteiger partial charge in [0.15, 0.2) is 0 Å². The number of aromatic nitrogens is 1. The van der Waals surface area contributed by atoms with Crippen LogP contribution in [0.3, 0.4) is 0 Å². The Morgan fingerprint density at radius 3 is 2.40 bits per heavy atom. The summed E-state index contributed by atoms with van der Waals surface area (Å²) in [4.78, 5) is 37.9. The fourth-order valence-electron chi connectivity index (χ4n) is 6.68. The van der Waals surface area contributed by atoms with Gasteiger partial charge < -0.3 is 19.6 Å². The summed E-state index contributed by atoms with van der Waals surface area (Å²) in [6, 6.07) is 20.7. The van der Waals surface area contributed by atoms with Gasteiger partial charge >= 0.3 is 12.0 Å². The molecule has 9 heteroatoms. The summed E-state index contributed by atoms with van der Waals surface area (Å²) in [7, 11) is 0. The highest BCUT2D eigenvalue weighted by Gasteiger charge is 2.45. The zero-order valence-electron chi connectivity index (χ0n) is 24.9. The van der Waals surface area contributed by atoms with Crippen LogP contribution in [0.1, 0.15) is 64.5 Å². The molecule has 3 saturated heterocycles. The summed E-state index contributed by atoms with van der Waals surface area (Å²) in [6.45, 7) is 8.94. The first kappa shape index (κ1) is 29.7. The number of carbonyl (C=O) groups excluding carboxylic acids is 1. The lowest BCUT2D eigenvalue weighted by molar-refractivity contribution is 0.0493. The maximum atomic E-state index is 13.9. The summed E-state index contributed by atoms with van der Waals surface area (Å²) in [6.07, 6.45) is 3.76. The number of urea groups is 1. The van der Waals surface area contributed by atoms with Gasteiger partial charge in [-0.3, -0.25) is 4.90 Å². The number of hydrogen-bond acceptors (Lipinski definition) is 6. The summed E-state index contributed by atoms with van der Waals surface area (Å²) in [5.41, 5.74) is 4.67. The SMILES string of the molecule is Cc1cc(C(=O)O)ccc1Sc1ccc(CN2CCC(N3C(=O)N(C4CCOCC4)CC3c3ccccc3)CC2)c(C)n1. The lowest BCUT2D eigenvalue weighted by atomic mass is 9.98. The maximum Gasteiger partial charge on any atom is 0.335 e. The van der Waals surface area contributed by atoms with Crippen LogP contribution in [-0.2, 0) is 11.3 Å². The van der Waals surface area contributed by atoms with E-state index >= 15 is 0 Å². The van der Waals surface area contributed by atoms with Crippen LogP contribution in [0.25, 0.3) is 0 Å². The molecule has 0 spiro atoms. The Balaban J connectivity index is 1.09. The molecule has 226 valence electrons. The lowest BCUT2D eigenvalue weighted by Gasteiger charge is -2.39. The van der Waals surface area contributed by atoms with Crippen LogP contribution >= 0.6 is 11.8 Å². The van der Waals surface area contributed by atoms with Crippen molar-refractivity contribution in [2.45, 2.75) is 74.1 Å². The molecule has 2 aromatic carbocycles. The Hall–Kier alpha value is -3.40. The van der Waals surface area contributed by atoms with Gasteiger partial charge in [0.2, 0.25) is 0 Å². The van der Waals surface area contributed by atoms with Gasteiger partial charge in [-0.1, -0.05) is 48.2 Å². The largest absolute Gasteiger partial charge is 0.478 e. The Labute approximate surface area is 258 Å². The van der Waals surface area contributed by atoms with E-state index in [2.05, 4.69) is 58.0 Å². The van der Waals surface area contributed by atoms with Crippen molar-refractivity contribution >= 4 is 23.8 Å². The fourth-order valence-corrected chi connectivity index (χ4v) is 7.58. The van der Waals surface area contributed by atoms with Gasteiger partial charge in [-0.05, 0) is 80.5 Å². The quantitative estimate of drug-likeness (QED) is 0.331. The standard InChI is InChI=1S/C34H40N4O4S/c1-23-20-26(33(39)40)8-10-31(23)43-32-11-9-27(24(2)35-32)21-36-16-12-29(13-17-36)38-30(25-6-4-3-5-7-25)22-37(34(38)41)28-14-18-42-19-15-28/h3-11,20,28-30H,12-19,21-22H2,1-2H3,(H,39,40). The number of amides is 2. The van der Waals surface area contributed by atoms with Gasteiger partial charge in [0.25, 0.3) is 0 Å². The number of carboxylic acids is 1. The Bertz CT molecular complexity index is 1450. The number of aryl methyl sites for hydroxylation is 2. The van der Waals surface area contributed by atoms with E-state index in [9.17, 15) is 14.7 Å². The number of hydrogen-bond donors (Lipinski definition) is 1. The maximum absolute atomic E-state index is 13.9. The molecule has 1 atom stereocenters. The number of pyridine rings is 1. The molecule has 8 nitrogen and oxygen atoms in total. The minimum Gasteiger partial charge on any atom is -0.478 e. The zero-order chi connectivity index (χ0) is 29.9. The number of nitrogens with zero attached hydrogens (tertiary/aromatic N) is 4. The number of aromatic carboxylic acids is 1. The molecule has 3 fully saturated rings. The molecular weight excluding hydrogens is 560 g/mol. The van der Waals surface area contributed by atoms with E-state index in [0.717, 1.165) is 86.3 Å². The molecule has 0 saturated carbocycles. The highest BCUT2D eigenvalue weighted by atomic mass is 32.2. The molecule has 2 amide bonds. The van der Waals surface area contributed by atoms with Gasteiger partial charge in [-0.25, -0.2) is 14.6 Å². The number of ether oxygens (including phenoxy) is 1. The van der Waals surface area contributed by atoms with Gasteiger partial charge in [-0.2, -0.15) is 0 Å². The van der Waals surface area contributed by atoms with Crippen molar-refractivity contribution in [1.29, 1.82) is 0 Å². The average Bonchev–Trinajstić information content (AvgIpc) is 3.37. The van der Waals surface area contributed by atoms with Gasteiger partial charge in [0, 0.05) is 62.1 Å². The summed E-state index contributed by atoms with van der Waals surface area (Å²) in [5.74, 6) is -0.915. The van der Waals surface area contributed by atoms with Crippen LogP contribution in [0.15, 0.2) is 70.6 Å². The van der Waals surface area contributed by atoms with Gasteiger partial charge in [0.1, 0.15) is 5.03 Å².